The van der Waals surface area contributed by atoms with Crippen molar-refractivity contribution in [1.82, 2.24) is 0 Å². The van der Waals surface area contributed by atoms with Crippen molar-refractivity contribution in [2.24, 2.45) is 5.92 Å². The van der Waals surface area contributed by atoms with Crippen LogP contribution in [0, 0.1) is 5.92 Å². The Labute approximate surface area is 97.3 Å². The fraction of sp³-hybridized carbons (Fsp3) is 0.571. The molecule has 88 valence electrons. The predicted octanol–water partition coefficient (Wildman–Crippen LogP) is 2.71. The minimum Gasteiger partial charge on any atom is -0.386 e. The molecule has 0 heterocycles. The standard InChI is InChI=1S/C14H20O2/c1-2-11-5-7-13(8-6-11)14(15)10-16-9-12-3-4-12/h5-8,12,14-15H,2-4,9-10H2,1H3. The second kappa shape index (κ2) is 5.46. The van der Waals surface area contributed by atoms with Crippen molar-refractivity contribution in [2.45, 2.75) is 32.3 Å². The van der Waals surface area contributed by atoms with E-state index in [2.05, 4.69) is 19.1 Å². The van der Waals surface area contributed by atoms with Gasteiger partial charge in [0.1, 0.15) is 6.10 Å². The predicted molar refractivity (Wildman–Crippen MR) is 64.3 cm³/mol. The fourth-order valence-electron chi connectivity index (χ4n) is 1.70. The maximum atomic E-state index is 9.89. The van der Waals surface area contributed by atoms with Crippen LogP contribution in [0.25, 0.3) is 0 Å². The van der Waals surface area contributed by atoms with Crippen molar-refractivity contribution in [2.75, 3.05) is 13.2 Å². The molecule has 1 atom stereocenters. The van der Waals surface area contributed by atoms with E-state index in [0.29, 0.717) is 6.61 Å². The van der Waals surface area contributed by atoms with Gasteiger partial charge >= 0.3 is 0 Å². The summed E-state index contributed by atoms with van der Waals surface area (Å²) in [4.78, 5) is 0. The summed E-state index contributed by atoms with van der Waals surface area (Å²) in [6, 6.07) is 8.12. The lowest BCUT2D eigenvalue weighted by molar-refractivity contribution is 0.0315. The van der Waals surface area contributed by atoms with Gasteiger partial charge in [0.25, 0.3) is 0 Å². The third-order valence-corrected chi connectivity index (χ3v) is 3.10. The molecule has 1 aromatic rings. The van der Waals surface area contributed by atoms with E-state index in [0.717, 1.165) is 24.5 Å². The van der Waals surface area contributed by atoms with E-state index in [1.54, 1.807) is 0 Å². The molecule has 1 saturated carbocycles. The number of aliphatic hydroxyl groups excluding tert-OH is 1. The van der Waals surface area contributed by atoms with Crippen LogP contribution in [-0.4, -0.2) is 18.3 Å². The molecular weight excluding hydrogens is 200 g/mol. The van der Waals surface area contributed by atoms with Crippen molar-refractivity contribution < 1.29 is 9.84 Å². The molecule has 0 radical (unpaired) electrons. The Morgan fingerprint density at radius 2 is 2.00 bits per heavy atom. The molecular formula is C14H20O2. The second-order valence-electron chi connectivity index (χ2n) is 4.59. The highest BCUT2D eigenvalue weighted by Crippen LogP contribution is 2.29. The van der Waals surface area contributed by atoms with Gasteiger partial charge in [0.05, 0.1) is 6.61 Å². The molecule has 1 aliphatic rings. The first-order chi connectivity index (χ1) is 7.79. The Balaban J connectivity index is 1.79. The molecule has 1 aliphatic carbocycles. The van der Waals surface area contributed by atoms with Crippen LogP contribution in [-0.2, 0) is 11.2 Å². The lowest BCUT2D eigenvalue weighted by Gasteiger charge is -2.11. The van der Waals surface area contributed by atoms with Gasteiger partial charge in [-0.2, -0.15) is 0 Å². The highest BCUT2D eigenvalue weighted by atomic mass is 16.5. The maximum Gasteiger partial charge on any atom is 0.102 e. The summed E-state index contributed by atoms with van der Waals surface area (Å²) in [6.07, 6.45) is 3.14. The summed E-state index contributed by atoms with van der Waals surface area (Å²) in [5, 5.41) is 9.89. The van der Waals surface area contributed by atoms with Crippen LogP contribution in [0.1, 0.15) is 37.0 Å². The van der Waals surface area contributed by atoms with Gasteiger partial charge < -0.3 is 9.84 Å². The monoisotopic (exact) mass is 220 g/mol. The Morgan fingerprint density at radius 1 is 1.31 bits per heavy atom. The Morgan fingerprint density at radius 3 is 2.56 bits per heavy atom. The van der Waals surface area contributed by atoms with Crippen LogP contribution in [0.4, 0.5) is 0 Å². The summed E-state index contributed by atoms with van der Waals surface area (Å²) in [5.74, 6) is 0.759. The molecule has 1 N–H and O–H groups in total. The van der Waals surface area contributed by atoms with Gasteiger partial charge in [-0.05, 0) is 36.3 Å². The molecule has 1 aromatic carbocycles. The molecule has 0 aliphatic heterocycles. The van der Waals surface area contributed by atoms with Gasteiger partial charge in [0, 0.05) is 6.61 Å². The smallest absolute Gasteiger partial charge is 0.102 e. The topological polar surface area (TPSA) is 29.5 Å². The minimum absolute atomic E-state index is 0.419. The van der Waals surface area contributed by atoms with Gasteiger partial charge in [-0.1, -0.05) is 31.2 Å². The number of hydrogen-bond donors (Lipinski definition) is 1. The SMILES string of the molecule is CCc1ccc(C(O)COCC2CC2)cc1. The fourth-order valence-corrected chi connectivity index (χ4v) is 1.70. The van der Waals surface area contributed by atoms with Crippen molar-refractivity contribution >= 4 is 0 Å². The van der Waals surface area contributed by atoms with Gasteiger partial charge in [0.2, 0.25) is 0 Å². The van der Waals surface area contributed by atoms with Crippen LogP contribution in [0.15, 0.2) is 24.3 Å². The van der Waals surface area contributed by atoms with Gasteiger partial charge in [-0.25, -0.2) is 0 Å². The molecule has 0 aromatic heterocycles. The quantitative estimate of drug-likeness (QED) is 0.798. The molecule has 0 amide bonds. The van der Waals surface area contributed by atoms with E-state index in [4.69, 9.17) is 4.74 Å². The molecule has 0 saturated heterocycles. The van der Waals surface area contributed by atoms with Crippen molar-refractivity contribution in [3.63, 3.8) is 0 Å². The van der Waals surface area contributed by atoms with Crippen LogP contribution in [0.3, 0.4) is 0 Å². The first-order valence-electron chi connectivity index (χ1n) is 6.14. The number of rotatable bonds is 6. The average molecular weight is 220 g/mol. The third kappa shape index (κ3) is 3.32. The van der Waals surface area contributed by atoms with E-state index in [-0.39, 0.29) is 0 Å². The Bertz CT molecular complexity index is 314. The van der Waals surface area contributed by atoms with E-state index >= 15 is 0 Å². The summed E-state index contributed by atoms with van der Waals surface area (Å²) in [5.41, 5.74) is 2.25. The number of ether oxygens (including phenoxy) is 1. The zero-order valence-corrected chi connectivity index (χ0v) is 9.86. The Kier molecular flexibility index (Phi) is 3.97. The van der Waals surface area contributed by atoms with Crippen LogP contribution >= 0.6 is 0 Å². The van der Waals surface area contributed by atoms with Crippen molar-refractivity contribution in [3.05, 3.63) is 35.4 Å². The minimum atomic E-state index is -0.482. The average Bonchev–Trinajstić information content (AvgIpc) is 3.13. The number of aliphatic hydroxyl groups is 1. The molecule has 0 spiro atoms. The van der Waals surface area contributed by atoms with Gasteiger partial charge in [0.15, 0.2) is 0 Å². The summed E-state index contributed by atoms with van der Waals surface area (Å²) < 4.78 is 5.48. The molecule has 16 heavy (non-hydrogen) atoms. The van der Waals surface area contributed by atoms with E-state index in [9.17, 15) is 5.11 Å². The highest BCUT2D eigenvalue weighted by molar-refractivity contribution is 5.24. The molecule has 1 fully saturated rings. The molecule has 2 rings (SSSR count). The van der Waals surface area contributed by atoms with Crippen molar-refractivity contribution in [3.8, 4) is 0 Å². The number of benzene rings is 1. The zero-order valence-electron chi connectivity index (χ0n) is 9.86. The zero-order chi connectivity index (χ0) is 11.4. The van der Waals surface area contributed by atoms with Crippen LogP contribution in [0.5, 0.6) is 0 Å². The summed E-state index contributed by atoms with van der Waals surface area (Å²) >= 11 is 0. The van der Waals surface area contributed by atoms with Gasteiger partial charge in [-0.15, -0.1) is 0 Å². The van der Waals surface area contributed by atoms with E-state index < -0.39 is 6.10 Å². The van der Waals surface area contributed by atoms with E-state index in [1.807, 2.05) is 12.1 Å². The molecule has 1 unspecified atom stereocenters. The van der Waals surface area contributed by atoms with Crippen LogP contribution in [0.2, 0.25) is 0 Å². The number of aryl methyl sites for hydroxylation is 1. The first kappa shape index (κ1) is 11.6. The third-order valence-electron chi connectivity index (χ3n) is 3.10. The number of hydrogen-bond acceptors (Lipinski definition) is 2. The second-order valence-corrected chi connectivity index (χ2v) is 4.59. The summed E-state index contributed by atoms with van der Waals surface area (Å²) in [7, 11) is 0. The molecule has 2 nitrogen and oxygen atoms in total. The normalized spacial score (nSPS) is 17.4. The highest BCUT2D eigenvalue weighted by Gasteiger charge is 2.21. The maximum absolute atomic E-state index is 9.89. The van der Waals surface area contributed by atoms with Gasteiger partial charge in [-0.3, -0.25) is 0 Å². The lowest BCUT2D eigenvalue weighted by atomic mass is 10.1. The molecule has 0 bridgehead atoms. The Hall–Kier alpha value is -0.860. The van der Waals surface area contributed by atoms with E-state index in [1.165, 1.54) is 18.4 Å². The van der Waals surface area contributed by atoms with Crippen molar-refractivity contribution in [1.29, 1.82) is 0 Å². The lowest BCUT2D eigenvalue weighted by Crippen LogP contribution is -2.08. The molecule has 2 heteroatoms. The largest absolute Gasteiger partial charge is 0.386 e. The summed E-state index contributed by atoms with van der Waals surface area (Å²) in [6.45, 7) is 3.36. The van der Waals surface area contributed by atoms with Crippen LogP contribution < -0.4 is 0 Å². The first-order valence-corrected chi connectivity index (χ1v) is 6.14.